The molecule has 0 aromatic rings. The molecule has 7 heteroatoms. The minimum atomic E-state index is -1.17. The number of ether oxygens (including phenoxy) is 1. The summed E-state index contributed by atoms with van der Waals surface area (Å²) in [6, 6.07) is -1.57. The topological polar surface area (TPSA) is 95.9 Å². The summed E-state index contributed by atoms with van der Waals surface area (Å²) >= 11 is 0. The first-order chi connectivity index (χ1) is 9.49. The summed E-state index contributed by atoms with van der Waals surface area (Å²) in [7, 11) is 1.33. The van der Waals surface area contributed by atoms with Crippen molar-refractivity contribution in [1.29, 1.82) is 0 Å². The van der Waals surface area contributed by atoms with E-state index < -0.39 is 18.0 Å². The van der Waals surface area contributed by atoms with Crippen LogP contribution in [0.4, 0.5) is 4.79 Å². The third-order valence-corrected chi connectivity index (χ3v) is 3.23. The van der Waals surface area contributed by atoms with Crippen molar-refractivity contribution in [2.75, 3.05) is 20.2 Å². The van der Waals surface area contributed by atoms with Gasteiger partial charge in [0.25, 0.3) is 0 Å². The number of piperidine rings is 1. The highest BCUT2D eigenvalue weighted by atomic mass is 16.5. The Kier molecular flexibility index (Phi) is 5.84. The van der Waals surface area contributed by atoms with Crippen LogP contribution in [0.2, 0.25) is 0 Å². The van der Waals surface area contributed by atoms with Gasteiger partial charge < -0.3 is 20.1 Å². The van der Waals surface area contributed by atoms with Crippen molar-refractivity contribution in [1.82, 2.24) is 10.2 Å². The number of esters is 1. The summed E-state index contributed by atoms with van der Waals surface area (Å²) in [5.41, 5.74) is 0. The Morgan fingerprint density at radius 3 is 2.50 bits per heavy atom. The molecule has 0 aliphatic carbocycles. The van der Waals surface area contributed by atoms with Gasteiger partial charge >= 0.3 is 18.0 Å². The van der Waals surface area contributed by atoms with E-state index in [1.807, 2.05) is 0 Å². The van der Waals surface area contributed by atoms with Crippen molar-refractivity contribution < 1.29 is 24.2 Å². The Hall–Kier alpha value is -2.23. The maximum Gasteiger partial charge on any atom is 0.327 e. The molecule has 1 aliphatic rings. The molecular weight excluding hydrogens is 264 g/mol. The largest absolute Gasteiger partial charge is 0.480 e. The van der Waals surface area contributed by atoms with E-state index in [4.69, 9.17) is 11.5 Å². The van der Waals surface area contributed by atoms with Crippen LogP contribution in [0.3, 0.4) is 0 Å². The van der Waals surface area contributed by atoms with Gasteiger partial charge in [0.15, 0.2) is 0 Å². The highest BCUT2D eigenvalue weighted by molar-refractivity contribution is 5.83. The average Bonchev–Trinajstić information content (AvgIpc) is 2.45. The number of rotatable bonds is 4. The lowest BCUT2D eigenvalue weighted by Gasteiger charge is -2.31. The molecule has 1 unspecified atom stereocenters. The van der Waals surface area contributed by atoms with Gasteiger partial charge in [0.1, 0.15) is 6.04 Å². The van der Waals surface area contributed by atoms with Crippen LogP contribution >= 0.6 is 0 Å². The SMILES string of the molecule is C#CCC(NC(=O)N1CCC(C(=O)OC)CC1)C(=O)O. The maximum atomic E-state index is 11.9. The van der Waals surface area contributed by atoms with Crippen LogP contribution in [0.1, 0.15) is 19.3 Å². The van der Waals surface area contributed by atoms with E-state index in [1.54, 1.807) is 0 Å². The molecule has 1 heterocycles. The molecule has 1 aliphatic heterocycles. The normalized spacial score (nSPS) is 16.9. The van der Waals surface area contributed by atoms with E-state index in [0.717, 1.165) is 0 Å². The molecule has 0 radical (unpaired) electrons. The highest BCUT2D eigenvalue weighted by Crippen LogP contribution is 2.18. The zero-order valence-electron chi connectivity index (χ0n) is 11.3. The monoisotopic (exact) mass is 282 g/mol. The van der Waals surface area contributed by atoms with Crippen LogP contribution in [0.15, 0.2) is 0 Å². The highest BCUT2D eigenvalue weighted by Gasteiger charge is 2.29. The molecule has 0 aromatic carbocycles. The Morgan fingerprint density at radius 2 is 2.05 bits per heavy atom. The van der Waals surface area contributed by atoms with E-state index >= 15 is 0 Å². The molecule has 0 saturated carbocycles. The summed E-state index contributed by atoms with van der Waals surface area (Å²) in [6.07, 6.45) is 6.00. The fourth-order valence-corrected chi connectivity index (χ4v) is 2.04. The van der Waals surface area contributed by atoms with Crippen molar-refractivity contribution in [3.05, 3.63) is 0 Å². The Labute approximate surface area is 117 Å². The first-order valence-electron chi connectivity index (χ1n) is 6.29. The number of hydrogen-bond acceptors (Lipinski definition) is 4. The second kappa shape index (κ2) is 7.38. The first-order valence-corrected chi connectivity index (χ1v) is 6.29. The lowest BCUT2D eigenvalue weighted by molar-refractivity contribution is -0.146. The number of carboxylic acid groups (broad SMARTS) is 1. The molecule has 1 fully saturated rings. The second-order valence-corrected chi connectivity index (χ2v) is 4.53. The Morgan fingerprint density at radius 1 is 1.45 bits per heavy atom. The number of urea groups is 1. The number of hydrogen-bond donors (Lipinski definition) is 2. The minimum absolute atomic E-state index is 0.0697. The zero-order valence-corrected chi connectivity index (χ0v) is 11.3. The van der Waals surface area contributed by atoms with Crippen LogP contribution < -0.4 is 5.32 Å². The van der Waals surface area contributed by atoms with Crippen molar-refractivity contribution >= 4 is 18.0 Å². The smallest absolute Gasteiger partial charge is 0.327 e. The van der Waals surface area contributed by atoms with E-state index in [-0.39, 0.29) is 18.3 Å². The van der Waals surface area contributed by atoms with Crippen LogP contribution in [-0.4, -0.2) is 54.2 Å². The predicted octanol–water partition coefficient (Wildman–Crippen LogP) is 0.0575. The van der Waals surface area contributed by atoms with E-state index in [9.17, 15) is 14.4 Å². The van der Waals surface area contributed by atoms with Gasteiger partial charge in [0.2, 0.25) is 0 Å². The molecule has 2 amide bonds. The molecule has 1 atom stereocenters. The van der Waals surface area contributed by atoms with Crippen LogP contribution in [0.25, 0.3) is 0 Å². The summed E-state index contributed by atoms with van der Waals surface area (Å²) in [4.78, 5) is 35.6. The number of amides is 2. The molecule has 2 N–H and O–H groups in total. The van der Waals surface area contributed by atoms with Gasteiger partial charge in [-0.25, -0.2) is 9.59 Å². The van der Waals surface area contributed by atoms with Crippen molar-refractivity contribution in [3.63, 3.8) is 0 Å². The number of carbonyl (C=O) groups is 3. The van der Waals surface area contributed by atoms with Crippen molar-refractivity contribution in [2.45, 2.75) is 25.3 Å². The molecule has 0 spiro atoms. The van der Waals surface area contributed by atoms with E-state index in [0.29, 0.717) is 25.9 Å². The van der Waals surface area contributed by atoms with Gasteiger partial charge in [-0.2, -0.15) is 0 Å². The molecule has 110 valence electrons. The van der Waals surface area contributed by atoms with Gasteiger partial charge in [-0.05, 0) is 12.8 Å². The third-order valence-electron chi connectivity index (χ3n) is 3.23. The van der Waals surface area contributed by atoms with Crippen LogP contribution in [0.5, 0.6) is 0 Å². The van der Waals surface area contributed by atoms with Gasteiger partial charge in [-0.3, -0.25) is 4.79 Å². The summed E-state index contributed by atoms with van der Waals surface area (Å²) in [5, 5.41) is 11.3. The van der Waals surface area contributed by atoms with Crippen LogP contribution in [0, 0.1) is 18.3 Å². The summed E-state index contributed by atoms with van der Waals surface area (Å²) in [6.45, 7) is 0.766. The Bertz CT molecular complexity index is 421. The number of nitrogens with one attached hydrogen (secondary N) is 1. The number of likely N-dealkylation sites (tertiary alicyclic amines) is 1. The minimum Gasteiger partial charge on any atom is -0.480 e. The maximum absolute atomic E-state index is 11.9. The Balaban J connectivity index is 2.48. The van der Waals surface area contributed by atoms with Crippen molar-refractivity contribution in [3.8, 4) is 12.3 Å². The van der Waals surface area contributed by atoms with E-state index in [2.05, 4.69) is 16.0 Å². The van der Waals surface area contributed by atoms with Gasteiger partial charge in [-0.1, -0.05) is 0 Å². The quantitative estimate of drug-likeness (QED) is 0.561. The molecule has 20 heavy (non-hydrogen) atoms. The van der Waals surface area contributed by atoms with Gasteiger partial charge in [0, 0.05) is 19.5 Å². The fraction of sp³-hybridized carbons (Fsp3) is 0.615. The third kappa shape index (κ3) is 4.16. The predicted molar refractivity (Wildman–Crippen MR) is 69.7 cm³/mol. The lowest BCUT2D eigenvalue weighted by atomic mass is 9.97. The number of methoxy groups -OCH3 is 1. The van der Waals surface area contributed by atoms with E-state index in [1.165, 1.54) is 12.0 Å². The molecule has 1 rings (SSSR count). The van der Waals surface area contributed by atoms with Crippen molar-refractivity contribution in [2.24, 2.45) is 5.92 Å². The number of aliphatic carboxylic acids is 1. The molecular formula is C13H18N2O5. The standard InChI is InChI=1S/C13H18N2O5/c1-3-4-10(11(16)17)14-13(19)15-7-5-9(6-8-15)12(18)20-2/h1,9-10H,4-8H2,2H3,(H,14,19)(H,16,17). The van der Waals surface area contributed by atoms with Gasteiger partial charge in [0.05, 0.1) is 13.0 Å². The molecule has 7 nitrogen and oxygen atoms in total. The number of nitrogens with zero attached hydrogens (tertiary/aromatic N) is 1. The molecule has 0 bridgehead atoms. The van der Waals surface area contributed by atoms with Crippen LogP contribution in [-0.2, 0) is 14.3 Å². The summed E-state index contributed by atoms with van der Waals surface area (Å²) in [5.74, 6) is 0.565. The number of carboxylic acids is 1. The zero-order chi connectivity index (χ0) is 15.1. The number of carbonyl (C=O) groups excluding carboxylic acids is 2. The number of terminal acetylenes is 1. The fourth-order valence-electron chi connectivity index (χ4n) is 2.04. The lowest BCUT2D eigenvalue weighted by Crippen LogP contribution is -2.50. The average molecular weight is 282 g/mol. The summed E-state index contributed by atoms with van der Waals surface area (Å²) < 4.78 is 4.66. The molecule has 1 saturated heterocycles. The first kappa shape index (κ1) is 15.8. The van der Waals surface area contributed by atoms with Gasteiger partial charge in [-0.15, -0.1) is 12.3 Å². The molecule has 0 aromatic heterocycles. The second-order valence-electron chi connectivity index (χ2n) is 4.53.